The zero-order valence-electron chi connectivity index (χ0n) is 16.4. The van der Waals surface area contributed by atoms with Crippen molar-refractivity contribution in [3.8, 4) is 11.5 Å². The summed E-state index contributed by atoms with van der Waals surface area (Å²) in [5, 5.41) is -0.507. The molecule has 7 nitrogen and oxygen atoms in total. The van der Waals surface area contributed by atoms with E-state index in [-0.39, 0.29) is 11.0 Å². The summed E-state index contributed by atoms with van der Waals surface area (Å²) < 4.78 is 17.1. The van der Waals surface area contributed by atoms with Crippen molar-refractivity contribution >= 4 is 57.5 Å². The monoisotopic (exact) mass is 531 g/mol. The predicted molar refractivity (Wildman–Crippen MR) is 120 cm³/mol. The van der Waals surface area contributed by atoms with E-state index in [0.29, 0.717) is 30.3 Å². The van der Waals surface area contributed by atoms with Crippen LogP contribution >= 0.6 is 34.4 Å². The Bertz CT molecular complexity index is 852. The van der Waals surface area contributed by atoms with Crippen LogP contribution in [0.5, 0.6) is 11.5 Å². The Morgan fingerprint density at radius 2 is 2.03 bits per heavy atom. The molecule has 0 atom stereocenters. The molecule has 2 amide bonds. The maximum absolute atomic E-state index is 12.6. The van der Waals surface area contributed by atoms with Crippen LogP contribution in [0.15, 0.2) is 29.7 Å². The largest absolute Gasteiger partial charge is 0.490 e. The van der Waals surface area contributed by atoms with Crippen molar-refractivity contribution < 1.29 is 28.6 Å². The Hall–Kier alpha value is -2.01. The van der Waals surface area contributed by atoms with E-state index < -0.39 is 23.7 Å². The fourth-order valence-electron chi connectivity index (χ4n) is 2.43. The number of benzene rings is 1. The molecule has 0 spiro atoms. The average Bonchev–Trinajstić information content (AvgIpc) is 2.88. The molecule has 1 fully saturated rings. The van der Waals surface area contributed by atoms with Crippen molar-refractivity contribution in [2.45, 2.75) is 26.9 Å². The van der Waals surface area contributed by atoms with Gasteiger partial charge in [0.1, 0.15) is 13.2 Å². The number of imide groups is 1. The number of ether oxygens (including phenoxy) is 3. The summed E-state index contributed by atoms with van der Waals surface area (Å²) in [4.78, 5) is 37.7. The van der Waals surface area contributed by atoms with Crippen molar-refractivity contribution in [3.63, 3.8) is 0 Å². The topological polar surface area (TPSA) is 82.1 Å². The lowest BCUT2D eigenvalue weighted by molar-refractivity contribution is -0.149. The first kappa shape index (κ1) is 23.3. The Morgan fingerprint density at radius 3 is 2.66 bits per heavy atom. The number of amides is 2. The second-order valence-corrected chi connectivity index (χ2v) is 8.32. The molecule has 1 heterocycles. The van der Waals surface area contributed by atoms with Gasteiger partial charge in [0, 0.05) is 0 Å². The van der Waals surface area contributed by atoms with Crippen LogP contribution in [0.3, 0.4) is 0 Å². The normalized spacial score (nSPS) is 15.2. The molecule has 1 aromatic rings. The van der Waals surface area contributed by atoms with E-state index in [9.17, 15) is 14.4 Å². The average molecular weight is 531 g/mol. The van der Waals surface area contributed by atoms with Crippen LogP contribution in [0, 0.1) is 3.57 Å². The summed E-state index contributed by atoms with van der Waals surface area (Å²) in [5.74, 6) is -0.0256. The van der Waals surface area contributed by atoms with Crippen LogP contribution in [0.4, 0.5) is 4.79 Å². The van der Waals surface area contributed by atoms with Crippen molar-refractivity contribution in [1.82, 2.24) is 4.90 Å². The molecule has 0 unspecified atom stereocenters. The van der Waals surface area contributed by atoms with Gasteiger partial charge in [-0.3, -0.25) is 19.3 Å². The number of thioether (sulfide) groups is 1. The molecule has 0 aromatic heterocycles. The minimum atomic E-state index is -0.625. The SMILES string of the molecule is C=CCOc1c(I)cc(/C=C2/SC(=O)N(CC(=O)OC(C)C)C2=O)cc1OCC. The molecule has 1 aliphatic rings. The summed E-state index contributed by atoms with van der Waals surface area (Å²) in [6.07, 6.45) is 2.92. The Kier molecular flexibility index (Phi) is 8.57. The maximum atomic E-state index is 12.6. The highest BCUT2D eigenvalue weighted by molar-refractivity contribution is 14.1. The molecule has 156 valence electrons. The number of rotatable bonds is 9. The number of carbonyl (C=O) groups excluding carboxylic acids is 3. The first-order valence-corrected chi connectivity index (χ1v) is 10.8. The first-order chi connectivity index (χ1) is 13.8. The van der Waals surface area contributed by atoms with E-state index in [4.69, 9.17) is 14.2 Å². The summed E-state index contributed by atoms with van der Waals surface area (Å²) in [6, 6.07) is 3.56. The molecule has 1 aromatic carbocycles. The number of carbonyl (C=O) groups is 3. The summed E-state index contributed by atoms with van der Waals surface area (Å²) >= 11 is 2.90. The smallest absolute Gasteiger partial charge is 0.326 e. The van der Waals surface area contributed by atoms with Crippen LogP contribution in [-0.4, -0.2) is 47.9 Å². The van der Waals surface area contributed by atoms with Gasteiger partial charge in [0.2, 0.25) is 0 Å². The van der Waals surface area contributed by atoms with E-state index in [1.165, 1.54) is 0 Å². The van der Waals surface area contributed by atoms with Crippen LogP contribution in [0.2, 0.25) is 0 Å². The third kappa shape index (κ3) is 6.23. The lowest BCUT2D eigenvalue weighted by Gasteiger charge is -2.14. The molecule has 0 bridgehead atoms. The molecule has 9 heteroatoms. The summed E-state index contributed by atoms with van der Waals surface area (Å²) in [6.45, 7) is 9.27. The molecule has 29 heavy (non-hydrogen) atoms. The third-order valence-electron chi connectivity index (χ3n) is 3.50. The lowest BCUT2D eigenvalue weighted by atomic mass is 10.2. The van der Waals surface area contributed by atoms with Gasteiger partial charge in [0.15, 0.2) is 11.5 Å². The molecular weight excluding hydrogens is 509 g/mol. The lowest BCUT2D eigenvalue weighted by Crippen LogP contribution is -2.35. The van der Waals surface area contributed by atoms with Crippen LogP contribution in [0.25, 0.3) is 6.08 Å². The van der Waals surface area contributed by atoms with Crippen molar-refractivity contribution in [1.29, 1.82) is 0 Å². The van der Waals surface area contributed by atoms with E-state index in [2.05, 4.69) is 29.2 Å². The standard InChI is InChI=1S/C20H22INO6S/c1-5-7-27-18-14(21)8-13(9-15(18)26-6-2)10-16-19(24)22(20(25)29-16)11-17(23)28-12(3)4/h5,8-10,12H,1,6-7,11H2,2-4H3/b16-10+. The number of halogens is 1. The number of hydrogen-bond donors (Lipinski definition) is 0. The zero-order valence-corrected chi connectivity index (χ0v) is 19.4. The molecule has 1 saturated heterocycles. The third-order valence-corrected chi connectivity index (χ3v) is 5.21. The minimum Gasteiger partial charge on any atom is -0.490 e. The highest BCUT2D eigenvalue weighted by atomic mass is 127. The number of esters is 1. The summed E-state index contributed by atoms with van der Waals surface area (Å²) in [7, 11) is 0. The van der Waals surface area contributed by atoms with Crippen LogP contribution in [0.1, 0.15) is 26.3 Å². The van der Waals surface area contributed by atoms with Gasteiger partial charge in [0.05, 0.1) is 21.2 Å². The molecule has 0 saturated carbocycles. The van der Waals surface area contributed by atoms with Gasteiger partial charge in [-0.05, 0) is 78.9 Å². The molecule has 0 radical (unpaired) electrons. The molecule has 0 aliphatic carbocycles. The quantitative estimate of drug-likeness (QED) is 0.204. The number of hydrogen-bond acceptors (Lipinski definition) is 7. The van der Waals surface area contributed by atoms with E-state index >= 15 is 0 Å². The Morgan fingerprint density at radius 1 is 1.31 bits per heavy atom. The van der Waals surface area contributed by atoms with Gasteiger partial charge in [-0.25, -0.2) is 0 Å². The van der Waals surface area contributed by atoms with E-state index in [1.807, 2.05) is 13.0 Å². The fourth-order valence-corrected chi connectivity index (χ4v) is 4.05. The molecule has 1 aliphatic heterocycles. The van der Waals surface area contributed by atoms with Gasteiger partial charge in [-0.1, -0.05) is 12.7 Å². The highest BCUT2D eigenvalue weighted by Gasteiger charge is 2.36. The van der Waals surface area contributed by atoms with Crippen LogP contribution in [-0.2, 0) is 14.3 Å². The summed E-state index contributed by atoms with van der Waals surface area (Å²) in [5.41, 5.74) is 0.680. The molecule has 2 rings (SSSR count). The number of nitrogens with zero attached hydrogens (tertiary/aromatic N) is 1. The van der Waals surface area contributed by atoms with Gasteiger partial charge < -0.3 is 14.2 Å². The second kappa shape index (κ2) is 10.7. The maximum Gasteiger partial charge on any atom is 0.326 e. The van der Waals surface area contributed by atoms with Gasteiger partial charge in [0.25, 0.3) is 11.1 Å². The minimum absolute atomic E-state index is 0.227. The second-order valence-electron chi connectivity index (χ2n) is 6.17. The Labute approximate surface area is 187 Å². The van der Waals surface area contributed by atoms with Crippen LogP contribution < -0.4 is 9.47 Å². The molecular formula is C20H22INO6S. The highest BCUT2D eigenvalue weighted by Crippen LogP contribution is 2.37. The first-order valence-electron chi connectivity index (χ1n) is 8.91. The van der Waals surface area contributed by atoms with Crippen molar-refractivity contribution in [2.75, 3.05) is 19.8 Å². The van der Waals surface area contributed by atoms with Gasteiger partial charge in [-0.2, -0.15) is 0 Å². The zero-order chi connectivity index (χ0) is 21.6. The van der Waals surface area contributed by atoms with Gasteiger partial charge >= 0.3 is 5.97 Å². The van der Waals surface area contributed by atoms with Gasteiger partial charge in [-0.15, -0.1) is 0 Å². The Balaban J connectivity index is 2.27. The molecule has 0 N–H and O–H groups in total. The van der Waals surface area contributed by atoms with E-state index in [0.717, 1.165) is 20.2 Å². The van der Waals surface area contributed by atoms with Crippen molar-refractivity contribution in [2.24, 2.45) is 0 Å². The van der Waals surface area contributed by atoms with Crippen molar-refractivity contribution in [3.05, 3.63) is 38.8 Å². The fraction of sp³-hybridized carbons (Fsp3) is 0.350. The predicted octanol–water partition coefficient (Wildman–Crippen LogP) is 4.24. The van der Waals surface area contributed by atoms with E-state index in [1.54, 1.807) is 32.1 Å².